The summed E-state index contributed by atoms with van der Waals surface area (Å²) in [6.45, 7) is 7.22. The molecule has 0 bridgehead atoms. The van der Waals surface area contributed by atoms with E-state index in [0.29, 0.717) is 6.54 Å². The molecule has 0 spiro atoms. The Kier molecular flexibility index (Phi) is 4.26. The molecule has 1 aromatic rings. The number of anilines is 2. The Hall–Kier alpha value is -2.25. The molecule has 0 aliphatic heterocycles. The van der Waals surface area contributed by atoms with E-state index in [2.05, 4.69) is 10.3 Å². The zero-order chi connectivity index (χ0) is 15.7. The van der Waals surface area contributed by atoms with Crippen LogP contribution in [0.5, 0.6) is 0 Å². The number of nitrogens with two attached hydrogens (primary N) is 2. The second-order valence-electron chi connectivity index (χ2n) is 5.64. The maximum absolute atomic E-state index is 11.8. The Morgan fingerprint density at radius 2 is 1.95 bits per heavy atom. The lowest BCUT2D eigenvalue weighted by Crippen LogP contribution is -2.47. The van der Waals surface area contributed by atoms with E-state index < -0.39 is 22.7 Å². The van der Waals surface area contributed by atoms with Gasteiger partial charge in [0.25, 0.3) is 5.56 Å². The molecule has 0 aliphatic carbocycles. The van der Waals surface area contributed by atoms with Crippen LogP contribution in [0.25, 0.3) is 0 Å². The van der Waals surface area contributed by atoms with Gasteiger partial charge in [0.15, 0.2) is 0 Å². The van der Waals surface area contributed by atoms with E-state index in [-0.39, 0.29) is 17.4 Å². The molecule has 112 valence electrons. The summed E-state index contributed by atoms with van der Waals surface area (Å²) in [6.07, 6.45) is 0. The first-order valence-electron chi connectivity index (χ1n) is 6.27. The van der Waals surface area contributed by atoms with E-state index in [4.69, 9.17) is 11.5 Å². The topological polar surface area (TPSA) is 136 Å². The van der Waals surface area contributed by atoms with Crippen molar-refractivity contribution in [3.8, 4) is 0 Å². The van der Waals surface area contributed by atoms with Gasteiger partial charge in [0.1, 0.15) is 17.0 Å². The number of nitrogens with zero attached hydrogens (tertiary/aromatic N) is 1. The van der Waals surface area contributed by atoms with Gasteiger partial charge in [-0.3, -0.25) is 19.1 Å². The second-order valence-corrected chi connectivity index (χ2v) is 5.64. The molecular weight excluding hydrogens is 262 g/mol. The molecule has 20 heavy (non-hydrogen) atoms. The summed E-state index contributed by atoms with van der Waals surface area (Å²) < 4.78 is 1.26. The van der Waals surface area contributed by atoms with E-state index in [1.807, 2.05) is 13.8 Å². The molecular formula is C12H21N5O3. The molecule has 1 aromatic heterocycles. The lowest BCUT2D eigenvalue weighted by atomic mass is 10.0. The van der Waals surface area contributed by atoms with Crippen molar-refractivity contribution >= 4 is 17.4 Å². The highest BCUT2D eigenvalue weighted by atomic mass is 16.2. The minimum atomic E-state index is -1.17. The molecule has 0 saturated heterocycles. The van der Waals surface area contributed by atoms with Gasteiger partial charge in [0, 0.05) is 6.54 Å². The van der Waals surface area contributed by atoms with Crippen molar-refractivity contribution < 1.29 is 4.79 Å². The van der Waals surface area contributed by atoms with E-state index in [0.717, 1.165) is 0 Å². The van der Waals surface area contributed by atoms with Gasteiger partial charge in [0.05, 0.1) is 0 Å². The molecule has 0 fully saturated rings. The Balaban J connectivity index is 3.38. The first-order valence-corrected chi connectivity index (χ1v) is 6.27. The molecule has 0 unspecified atom stereocenters. The van der Waals surface area contributed by atoms with Crippen molar-refractivity contribution in [2.24, 2.45) is 11.7 Å². The molecule has 0 aromatic carbocycles. The van der Waals surface area contributed by atoms with Crippen LogP contribution < -0.4 is 28.0 Å². The molecule has 1 amide bonds. The third-order valence-electron chi connectivity index (χ3n) is 2.84. The summed E-state index contributed by atoms with van der Waals surface area (Å²) >= 11 is 0. The number of aromatic amines is 1. The van der Waals surface area contributed by atoms with E-state index in [1.165, 1.54) is 18.4 Å². The number of hydrogen-bond acceptors (Lipinski definition) is 5. The number of primary amides is 1. The van der Waals surface area contributed by atoms with E-state index >= 15 is 0 Å². The fraction of sp³-hybridized carbons (Fsp3) is 0.583. The first kappa shape index (κ1) is 15.8. The van der Waals surface area contributed by atoms with Crippen LogP contribution in [0.2, 0.25) is 0 Å². The number of aromatic nitrogens is 2. The SMILES string of the molecule is CC(C)Cn1c(N)c(NC(C)(C)C(N)=O)c(=O)[nH]c1=O. The van der Waals surface area contributed by atoms with Crippen LogP contribution in [0, 0.1) is 5.92 Å². The number of nitrogen functional groups attached to an aromatic ring is 1. The summed E-state index contributed by atoms with van der Waals surface area (Å²) in [5.74, 6) is -0.488. The average Bonchev–Trinajstić information content (AvgIpc) is 2.29. The highest BCUT2D eigenvalue weighted by molar-refractivity contribution is 5.87. The van der Waals surface area contributed by atoms with Gasteiger partial charge in [-0.15, -0.1) is 0 Å². The van der Waals surface area contributed by atoms with Crippen LogP contribution in [0.15, 0.2) is 9.59 Å². The molecule has 6 N–H and O–H groups in total. The number of rotatable bonds is 5. The summed E-state index contributed by atoms with van der Waals surface area (Å²) in [6, 6.07) is 0. The largest absolute Gasteiger partial charge is 0.383 e. The van der Waals surface area contributed by atoms with Crippen LogP contribution in [-0.4, -0.2) is 21.0 Å². The van der Waals surface area contributed by atoms with Crippen molar-refractivity contribution in [1.82, 2.24) is 9.55 Å². The molecule has 0 atom stereocenters. The molecule has 8 heteroatoms. The number of amides is 1. The number of carbonyl (C=O) groups is 1. The molecule has 1 rings (SSSR count). The smallest absolute Gasteiger partial charge is 0.330 e. The van der Waals surface area contributed by atoms with Gasteiger partial charge in [-0.25, -0.2) is 4.79 Å². The average molecular weight is 283 g/mol. The van der Waals surface area contributed by atoms with Gasteiger partial charge in [-0.1, -0.05) is 13.8 Å². The Bertz CT molecular complexity index is 627. The minimum Gasteiger partial charge on any atom is -0.383 e. The molecule has 0 radical (unpaired) electrons. The summed E-state index contributed by atoms with van der Waals surface area (Å²) in [5.41, 5.74) is 8.66. The molecule has 8 nitrogen and oxygen atoms in total. The van der Waals surface area contributed by atoms with Crippen LogP contribution in [-0.2, 0) is 11.3 Å². The van der Waals surface area contributed by atoms with Crippen molar-refractivity contribution in [2.75, 3.05) is 11.1 Å². The monoisotopic (exact) mass is 283 g/mol. The van der Waals surface area contributed by atoms with Crippen LogP contribution in [0.1, 0.15) is 27.7 Å². The Morgan fingerprint density at radius 1 is 1.40 bits per heavy atom. The summed E-state index contributed by atoms with van der Waals surface area (Å²) in [7, 11) is 0. The van der Waals surface area contributed by atoms with Gasteiger partial charge < -0.3 is 16.8 Å². The fourth-order valence-electron chi connectivity index (χ4n) is 1.63. The maximum Gasteiger partial charge on any atom is 0.330 e. The predicted molar refractivity (Wildman–Crippen MR) is 77.5 cm³/mol. The highest BCUT2D eigenvalue weighted by Crippen LogP contribution is 2.17. The molecule has 0 saturated carbocycles. The van der Waals surface area contributed by atoms with Gasteiger partial charge in [-0.05, 0) is 19.8 Å². The third kappa shape index (κ3) is 3.19. The van der Waals surface area contributed by atoms with E-state index in [1.54, 1.807) is 0 Å². The lowest BCUT2D eigenvalue weighted by molar-refractivity contribution is -0.121. The van der Waals surface area contributed by atoms with Crippen LogP contribution in [0.4, 0.5) is 11.5 Å². The quantitative estimate of drug-likeness (QED) is 0.575. The molecule has 1 heterocycles. The zero-order valence-electron chi connectivity index (χ0n) is 12.1. The van der Waals surface area contributed by atoms with Gasteiger partial charge in [0.2, 0.25) is 5.91 Å². The summed E-state index contributed by atoms with van der Waals surface area (Å²) in [5, 5.41) is 2.69. The Labute approximate surface area is 116 Å². The zero-order valence-corrected chi connectivity index (χ0v) is 12.1. The fourth-order valence-corrected chi connectivity index (χ4v) is 1.63. The first-order chi connectivity index (χ1) is 9.06. The van der Waals surface area contributed by atoms with Gasteiger partial charge in [-0.2, -0.15) is 0 Å². The minimum absolute atomic E-state index is 0.0122. The van der Waals surface area contributed by atoms with Crippen LogP contribution in [0.3, 0.4) is 0 Å². The third-order valence-corrected chi connectivity index (χ3v) is 2.84. The highest BCUT2D eigenvalue weighted by Gasteiger charge is 2.27. The number of H-pyrrole nitrogens is 1. The van der Waals surface area contributed by atoms with E-state index in [9.17, 15) is 14.4 Å². The standard InChI is InChI=1S/C12H21N5O3/c1-6(2)5-17-8(13)7(9(18)15-11(17)20)16-12(3,4)10(14)19/h6,16H,5,13H2,1-4H3,(H2,14,19)(H,15,18,20). The van der Waals surface area contributed by atoms with Crippen LogP contribution >= 0.6 is 0 Å². The normalized spacial score (nSPS) is 11.7. The Morgan fingerprint density at radius 3 is 2.40 bits per heavy atom. The number of hydrogen-bond donors (Lipinski definition) is 4. The maximum atomic E-state index is 11.8. The summed E-state index contributed by atoms with van der Waals surface area (Å²) in [4.78, 5) is 37.1. The van der Waals surface area contributed by atoms with Crippen molar-refractivity contribution in [3.05, 3.63) is 20.8 Å². The van der Waals surface area contributed by atoms with Crippen molar-refractivity contribution in [1.29, 1.82) is 0 Å². The second kappa shape index (κ2) is 5.40. The lowest BCUT2D eigenvalue weighted by Gasteiger charge is -2.24. The van der Waals surface area contributed by atoms with Crippen molar-refractivity contribution in [3.63, 3.8) is 0 Å². The predicted octanol–water partition coefficient (Wildman–Crippen LogP) is -0.549. The number of carbonyl (C=O) groups excluding carboxylic acids is 1. The van der Waals surface area contributed by atoms with Gasteiger partial charge >= 0.3 is 5.69 Å². The molecule has 0 aliphatic rings. The number of nitrogens with one attached hydrogen (secondary N) is 2. The van der Waals surface area contributed by atoms with Crippen molar-refractivity contribution in [2.45, 2.75) is 39.8 Å².